The Balaban J connectivity index is 1.71. The molecule has 0 bridgehead atoms. The van der Waals surface area contributed by atoms with Crippen LogP contribution in [-0.4, -0.2) is 46.4 Å². The van der Waals surface area contributed by atoms with Gasteiger partial charge in [0.05, 0.1) is 6.10 Å². The van der Waals surface area contributed by atoms with Gasteiger partial charge in [0, 0.05) is 36.8 Å². The van der Waals surface area contributed by atoms with E-state index in [-0.39, 0.29) is 17.2 Å². The average Bonchev–Trinajstić information content (AvgIpc) is 3.06. The summed E-state index contributed by atoms with van der Waals surface area (Å²) in [4.78, 5) is 2.32. The summed E-state index contributed by atoms with van der Waals surface area (Å²) < 4.78 is 5.92. The number of piperidine rings is 1. The fourth-order valence-electron chi connectivity index (χ4n) is 4.94. The molecule has 2 heterocycles. The zero-order valence-corrected chi connectivity index (χ0v) is 19.0. The number of benzene rings is 1. The van der Waals surface area contributed by atoms with E-state index in [1.807, 2.05) is 0 Å². The van der Waals surface area contributed by atoms with Crippen LogP contribution in [0.5, 0.6) is 0 Å². The highest BCUT2D eigenvalue weighted by atomic mass is 32.1. The molecule has 0 aliphatic carbocycles. The van der Waals surface area contributed by atoms with Crippen LogP contribution >= 0.6 is 12.2 Å². The van der Waals surface area contributed by atoms with Gasteiger partial charge in [-0.3, -0.25) is 0 Å². The smallest absolute Gasteiger partial charge is 0.169 e. The van der Waals surface area contributed by atoms with Crippen molar-refractivity contribution in [1.82, 2.24) is 15.5 Å². The Bertz CT molecular complexity index is 666. The molecule has 1 aromatic carbocycles. The molecule has 2 aliphatic rings. The molecule has 5 heteroatoms. The first-order chi connectivity index (χ1) is 13.1. The van der Waals surface area contributed by atoms with Gasteiger partial charge in [0.1, 0.15) is 0 Å². The van der Waals surface area contributed by atoms with Crippen LogP contribution in [0.3, 0.4) is 0 Å². The zero-order chi connectivity index (χ0) is 20.4. The predicted molar refractivity (Wildman–Crippen MR) is 121 cm³/mol. The minimum atomic E-state index is 0.102. The van der Waals surface area contributed by atoms with Gasteiger partial charge in [-0.15, -0.1) is 0 Å². The standard InChI is InChI=1S/C23H37N3OS/c1-17-9-6-7-10-18(17)15-26(16-20-11-8-12-27-20)21(28)24-19-13-22(2,3)25-23(4,5)14-19/h6-7,9-10,19-20,25H,8,11-16H2,1-5H3,(H,24,28). The Morgan fingerprint density at radius 3 is 2.50 bits per heavy atom. The maximum atomic E-state index is 5.92. The monoisotopic (exact) mass is 403 g/mol. The molecule has 1 atom stereocenters. The largest absolute Gasteiger partial charge is 0.376 e. The summed E-state index contributed by atoms with van der Waals surface area (Å²) in [7, 11) is 0. The number of nitrogens with zero attached hydrogens (tertiary/aromatic N) is 1. The van der Waals surface area contributed by atoms with Crippen LogP contribution in [0.1, 0.15) is 64.5 Å². The van der Waals surface area contributed by atoms with E-state index in [2.05, 4.69) is 74.4 Å². The van der Waals surface area contributed by atoms with Crippen LogP contribution in [0, 0.1) is 6.92 Å². The number of thiocarbonyl (C=S) groups is 1. The van der Waals surface area contributed by atoms with E-state index >= 15 is 0 Å². The Labute approximate surface area is 176 Å². The van der Waals surface area contributed by atoms with E-state index in [0.717, 1.165) is 50.5 Å². The molecule has 2 saturated heterocycles. The molecule has 0 amide bonds. The first-order valence-electron chi connectivity index (χ1n) is 10.6. The van der Waals surface area contributed by atoms with Crippen molar-refractivity contribution >= 4 is 17.3 Å². The molecule has 4 nitrogen and oxygen atoms in total. The lowest BCUT2D eigenvalue weighted by atomic mass is 9.80. The Kier molecular flexibility index (Phi) is 6.68. The lowest BCUT2D eigenvalue weighted by Crippen LogP contribution is -2.63. The fourth-order valence-corrected chi connectivity index (χ4v) is 5.24. The highest BCUT2D eigenvalue weighted by Crippen LogP contribution is 2.29. The zero-order valence-electron chi connectivity index (χ0n) is 18.2. The van der Waals surface area contributed by atoms with Crippen LogP contribution in [0.25, 0.3) is 0 Å². The van der Waals surface area contributed by atoms with E-state index in [1.165, 1.54) is 11.1 Å². The number of hydrogen-bond acceptors (Lipinski definition) is 3. The first kappa shape index (κ1) is 21.5. The molecular weight excluding hydrogens is 366 g/mol. The third-order valence-corrected chi connectivity index (χ3v) is 6.25. The van der Waals surface area contributed by atoms with Crippen molar-refractivity contribution in [2.24, 2.45) is 0 Å². The summed E-state index contributed by atoms with van der Waals surface area (Å²) in [5.41, 5.74) is 2.84. The van der Waals surface area contributed by atoms with Gasteiger partial charge in [0.15, 0.2) is 5.11 Å². The van der Waals surface area contributed by atoms with E-state index in [0.29, 0.717) is 6.04 Å². The molecule has 0 saturated carbocycles. The maximum Gasteiger partial charge on any atom is 0.169 e. The van der Waals surface area contributed by atoms with Gasteiger partial charge in [-0.25, -0.2) is 0 Å². The molecule has 1 aromatic rings. The second-order valence-electron chi connectivity index (χ2n) is 9.89. The predicted octanol–water partition coefficient (Wildman–Crippen LogP) is 4.16. The van der Waals surface area contributed by atoms with Gasteiger partial charge in [0.25, 0.3) is 0 Å². The molecule has 28 heavy (non-hydrogen) atoms. The van der Waals surface area contributed by atoms with Crippen molar-refractivity contribution < 1.29 is 4.74 Å². The van der Waals surface area contributed by atoms with Crippen LogP contribution < -0.4 is 10.6 Å². The van der Waals surface area contributed by atoms with Crippen LogP contribution in [0.4, 0.5) is 0 Å². The topological polar surface area (TPSA) is 36.5 Å². The van der Waals surface area contributed by atoms with Crippen molar-refractivity contribution in [2.75, 3.05) is 13.2 Å². The maximum absolute atomic E-state index is 5.92. The van der Waals surface area contributed by atoms with Crippen LogP contribution in [0.2, 0.25) is 0 Å². The first-order valence-corrected chi connectivity index (χ1v) is 11.1. The van der Waals surface area contributed by atoms with Crippen LogP contribution in [0.15, 0.2) is 24.3 Å². The van der Waals surface area contributed by atoms with Gasteiger partial charge in [0.2, 0.25) is 0 Å². The fraction of sp³-hybridized carbons (Fsp3) is 0.696. The Hall–Kier alpha value is -1.17. The van der Waals surface area contributed by atoms with Crippen molar-refractivity contribution in [2.45, 2.75) is 90.1 Å². The number of hydrogen-bond donors (Lipinski definition) is 2. The number of ether oxygens (including phenoxy) is 1. The molecule has 2 fully saturated rings. The van der Waals surface area contributed by atoms with Gasteiger partial charge in [-0.1, -0.05) is 24.3 Å². The number of rotatable bonds is 5. The highest BCUT2D eigenvalue weighted by Gasteiger charge is 2.38. The number of aryl methyl sites for hydroxylation is 1. The molecule has 156 valence electrons. The lowest BCUT2D eigenvalue weighted by molar-refractivity contribution is 0.0886. The minimum Gasteiger partial charge on any atom is -0.376 e. The van der Waals surface area contributed by atoms with E-state index in [9.17, 15) is 0 Å². The molecule has 0 spiro atoms. The third kappa shape index (κ3) is 5.91. The van der Waals surface area contributed by atoms with E-state index in [4.69, 9.17) is 17.0 Å². The lowest BCUT2D eigenvalue weighted by Gasteiger charge is -2.47. The molecule has 2 aliphatic heterocycles. The molecule has 2 N–H and O–H groups in total. The SMILES string of the molecule is Cc1ccccc1CN(CC1CCCO1)C(=S)NC1CC(C)(C)NC(C)(C)C1. The normalized spacial score (nSPS) is 24.1. The molecule has 3 rings (SSSR count). The van der Waals surface area contributed by atoms with Crippen molar-refractivity contribution in [3.63, 3.8) is 0 Å². The van der Waals surface area contributed by atoms with E-state index in [1.54, 1.807) is 0 Å². The van der Waals surface area contributed by atoms with Gasteiger partial charge < -0.3 is 20.3 Å². The van der Waals surface area contributed by atoms with Crippen LogP contribution in [-0.2, 0) is 11.3 Å². The van der Waals surface area contributed by atoms with Gasteiger partial charge >= 0.3 is 0 Å². The van der Waals surface area contributed by atoms with Crippen molar-refractivity contribution in [3.05, 3.63) is 35.4 Å². The molecule has 0 aromatic heterocycles. The number of nitrogens with one attached hydrogen (secondary N) is 2. The summed E-state index contributed by atoms with van der Waals surface area (Å²) in [6.45, 7) is 13.9. The quantitative estimate of drug-likeness (QED) is 0.722. The minimum absolute atomic E-state index is 0.102. The summed E-state index contributed by atoms with van der Waals surface area (Å²) in [6.07, 6.45) is 4.69. The summed E-state index contributed by atoms with van der Waals surface area (Å²) in [6, 6.07) is 8.97. The second kappa shape index (κ2) is 8.68. The molecule has 0 radical (unpaired) electrons. The average molecular weight is 404 g/mol. The highest BCUT2D eigenvalue weighted by molar-refractivity contribution is 7.80. The summed E-state index contributed by atoms with van der Waals surface area (Å²) in [5.74, 6) is 0. The van der Waals surface area contributed by atoms with Crippen molar-refractivity contribution in [1.29, 1.82) is 0 Å². The third-order valence-electron chi connectivity index (χ3n) is 5.88. The van der Waals surface area contributed by atoms with Gasteiger partial charge in [-0.2, -0.15) is 0 Å². The molecule has 1 unspecified atom stereocenters. The van der Waals surface area contributed by atoms with Gasteiger partial charge in [-0.05, 0) is 83.6 Å². The Morgan fingerprint density at radius 2 is 1.89 bits per heavy atom. The summed E-state index contributed by atoms with van der Waals surface area (Å²) >= 11 is 5.92. The van der Waals surface area contributed by atoms with E-state index < -0.39 is 0 Å². The van der Waals surface area contributed by atoms with Crippen molar-refractivity contribution in [3.8, 4) is 0 Å². The summed E-state index contributed by atoms with van der Waals surface area (Å²) in [5, 5.41) is 8.32. The Morgan fingerprint density at radius 1 is 1.21 bits per heavy atom. The molecular formula is C23H37N3OS. The second-order valence-corrected chi connectivity index (χ2v) is 10.3.